The summed E-state index contributed by atoms with van der Waals surface area (Å²) < 4.78 is 10.6. The fourth-order valence-corrected chi connectivity index (χ4v) is 1.71. The largest absolute Gasteiger partial charge is 0.480 e. The molecule has 2 N–H and O–H groups in total. The number of nitrogens with zero attached hydrogens (tertiary/aromatic N) is 1. The van der Waals surface area contributed by atoms with Gasteiger partial charge in [0.25, 0.3) is 5.91 Å². The highest BCUT2D eigenvalue weighted by atomic mass is 16.6. The lowest BCUT2D eigenvalue weighted by Gasteiger charge is -2.20. The number of carbonyl (C=O) groups is 2. The third kappa shape index (κ3) is 7.01. The van der Waals surface area contributed by atoms with Crippen molar-refractivity contribution in [2.75, 3.05) is 13.1 Å². The standard InChI is InChI=1S/C17H23N3O4/c1-12(23-14-8-6-5-7-13(14)11-18)15(21)19-9-10-20-16(22)24-17(2,3)4/h5-8,12H,9-10H2,1-4H3,(H,19,21)(H,20,22). The minimum absolute atomic E-state index is 0.238. The first-order chi connectivity index (χ1) is 11.2. The molecular weight excluding hydrogens is 310 g/mol. The molecule has 0 aliphatic carbocycles. The monoisotopic (exact) mass is 333 g/mol. The van der Waals surface area contributed by atoms with Gasteiger partial charge in [-0.25, -0.2) is 4.79 Å². The molecule has 0 radical (unpaired) electrons. The van der Waals surface area contributed by atoms with E-state index >= 15 is 0 Å². The van der Waals surface area contributed by atoms with Crippen LogP contribution in [0.15, 0.2) is 24.3 Å². The molecular formula is C17H23N3O4. The molecule has 0 heterocycles. The van der Waals surface area contributed by atoms with E-state index < -0.39 is 17.8 Å². The number of nitriles is 1. The average Bonchev–Trinajstić information content (AvgIpc) is 2.50. The molecule has 130 valence electrons. The fourth-order valence-electron chi connectivity index (χ4n) is 1.71. The third-order valence-electron chi connectivity index (χ3n) is 2.77. The maximum Gasteiger partial charge on any atom is 0.407 e. The van der Waals surface area contributed by atoms with Gasteiger partial charge in [0.2, 0.25) is 0 Å². The Morgan fingerprint density at radius 3 is 2.46 bits per heavy atom. The molecule has 0 bridgehead atoms. The van der Waals surface area contributed by atoms with Crippen molar-refractivity contribution in [2.24, 2.45) is 0 Å². The Kier molecular flexibility index (Phi) is 7.05. The number of nitrogens with one attached hydrogen (secondary N) is 2. The van der Waals surface area contributed by atoms with Crippen molar-refractivity contribution in [2.45, 2.75) is 39.4 Å². The normalized spacial score (nSPS) is 11.8. The number of para-hydroxylation sites is 1. The van der Waals surface area contributed by atoms with Crippen molar-refractivity contribution >= 4 is 12.0 Å². The van der Waals surface area contributed by atoms with Crippen LogP contribution in [-0.2, 0) is 9.53 Å². The Labute approximate surface area is 141 Å². The molecule has 1 aromatic rings. The summed E-state index contributed by atoms with van der Waals surface area (Å²) in [6, 6.07) is 8.70. The Hall–Kier alpha value is -2.75. The lowest BCUT2D eigenvalue weighted by atomic mass is 10.2. The van der Waals surface area contributed by atoms with Gasteiger partial charge in [-0.05, 0) is 39.8 Å². The summed E-state index contributed by atoms with van der Waals surface area (Å²) in [6.45, 7) is 7.38. The van der Waals surface area contributed by atoms with Gasteiger partial charge in [0.1, 0.15) is 17.4 Å². The van der Waals surface area contributed by atoms with Crippen LogP contribution in [0.25, 0.3) is 0 Å². The van der Waals surface area contributed by atoms with Crippen LogP contribution in [0.3, 0.4) is 0 Å². The smallest absolute Gasteiger partial charge is 0.407 e. The fraction of sp³-hybridized carbons (Fsp3) is 0.471. The summed E-state index contributed by atoms with van der Waals surface area (Å²) in [5.41, 5.74) is -0.201. The van der Waals surface area contributed by atoms with E-state index in [-0.39, 0.29) is 19.0 Å². The summed E-state index contributed by atoms with van der Waals surface area (Å²) in [4.78, 5) is 23.4. The molecule has 7 heteroatoms. The highest BCUT2D eigenvalue weighted by Crippen LogP contribution is 2.18. The van der Waals surface area contributed by atoms with E-state index in [2.05, 4.69) is 10.6 Å². The summed E-state index contributed by atoms with van der Waals surface area (Å²) >= 11 is 0. The first kappa shape index (κ1) is 19.3. The van der Waals surface area contributed by atoms with Crippen molar-refractivity contribution < 1.29 is 19.1 Å². The summed E-state index contributed by atoms with van der Waals surface area (Å²) in [6.07, 6.45) is -1.30. The van der Waals surface area contributed by atoms with Gasteiger partial charge < -0.3 is 20.1 Å². The van der Waals surface area contributed by atoms with E-state index in [1.165, 1.54) is 0 Å². The first-order valence-corrected chi connectivity index (χ1v) is 7.63. The number of amides is 2. The second-order valence-corrected chi connectivity index (χ2v) is 6.09. The molecule has 0 fully saturated rings. The van der Waals surface area contributed by atoms with Gasteiger partial charge in [-0.3, -0.25) is 4.79 Å². The Morgan fingerprint density at radius 1 is 1.21 bits per heavy atom. The molecule has 0 saturated carbocycles. The van der Waals surface area contributed by atoms with Gasteiger partial charge in [-0.15, -0.1) is 0 Å². The molecule has 0 saturated heterocycles. The molecule has 1 aromatic carbocycles. The maximum atomic E-state index is 12.0. The predicted molar refractivity (Wildman–Crippen MR) is 88.5 cm³/mol. The van der Waals surface area contributed by atoms with E-state index in [1.807, 2.05) is 6.07 Å². The molecule has 1 unspecified atom stereocenters. The zero-order valence-electron chi connectivity index (χ0n) is 14.4. The van der Waals surface area contributed by atoms with Gasteiger partial charge in [0.15, 0.2) is 6.10 Å². The number of ether oxygens (including phenoxy) is 2. The number of benzene rings is 1. The highest BCUT2D eigenvalue weighted by Gasteiger charge is 2.17. The Bertz CT molecular complexity index is 617. The van der Waals surface area contributed by atoms with Crippen LogP contribution < -0.4 is 15.4 Å². The highest BCUT2D eigenvalue weighted by molar-refractivity contribution is 5.80. The number of carbonyl (C=O) groups excluding carboxylic acids is 2. The minimum Gasteiger partial charge on any atom is -0.480 e. The minimum atomic E-state index is -0.763. The molecule has 0 aromatic heterocycles. The lowest BCUT2D eigenvalue weighted by Crippen LogP contribution is -2.41. The van der Waals surface area contributed by atoms with Crippen LogP contribution in [0.1, 0.15) is 33.3 Å². The second kappa shape index (κ2) is 8.77. The van der Waals surface area contributed by atoms with E-state index in [0.29, 0.717) is 11.3 Å². The third-order valence-corrected chi connectivity index (χ3v) is 2.77. The SMILES string of the molecule is CC(Oc1ccccc1C#N)C(=O)NCCNC(=O)OC(C)(C)C. The van der Waals surface area contributed by atoms with Crippen LogP contribution in [0.4, 0.5) is 4.79 Å². The van der Waals surface area contributed by atoms with Crippen molar-refractivity contribution in [3.05, 3.63) is 29.8 Å². The van der Waals surface area contributed by atoms with Crippen molar-refractivity contribution in [1.29, 1.82) is 5.26 Å². The van der Waals surface area contributed by atoms with Gasteiger partial charge in [0, 0.05) is 13.1 Å². The lowest BCUT2D eigenvalue weighted by molar-refractivity contribution is -0.127. The van der Waals surface area contributed by atoms with Gasteiger partial charge in [-0.2, -0.15) is 5.26 Å². The van der Waals surface area contributed by atoms with E-state index in [1.54, 1.807) is 52.0 Å². The summed E-state index contributed by atoms with van der Waals surface area (Å²) in [7, 11) is 0. The molecule has 0 spiro atoms. The Morgan fingerprint density at radius 2 is 1.83 bits per heavy atom. The zero-order chi connectivity index (χ0) is 18.2. The molecule has 1 atom stereocenters. The maximum absolute atomic E-state index is 12.0. The molecule has 0 aliphatic rings. The quantitative estimate of drug-likeness (QED) is 0.775. The predicted octanol–water partition coefficient (Wildman–Crippen LogP) is 1.97. The van der Waals surface area contributed by atoms with Crippen molar-refractivity contribution in [3.8, 4) is 11.8 Å². The molecule has 0 aliphatic heterocycles. The zero-order valence-corrected chi connectivity index (χ0v) is 14.4. The van der Waals surface area contributed by atoms with Crippen LogP contribution >= 0.6 is 0 Å². The number of hydrogen-bond acceptors (Lipinski definition) is 5. The number of rotatable bonds is 6. The van der Waals surface area contributed by atoms with Gasteiger partial charge in [0.05, 0.1) is 5.56 Å². The van der Waals surface area contributed by atoms with Gasteiger partial charge in [-0.1, -0.05) is 12.1 Å². The molecule has 7 nitrogen and oxygen atoms in total. The first-order valence-electron chi connectivity index (χ1n) is 7.63. The van der Waals surface area contributed by atoms with Gasteiger partial charge >= 0.3 is 6.09 Å². The summed E-state index contributed by atoms with van der Waals surface area (Å²) in [5, 5.41) is 14.2. The van der Waals surface area contributed by atoms with Crippen LogP contribution in [0.5, 0.6) is 5.75 Å². The van der Waals surface area contributed by atoms with Crippen LogP contribution in [0, 0.1) is 11.3 Å². The summed E-state index contributed by atoms with van der Waals surface area (Å²) in [5.74, 6) is 0.0169. The topological polar surface area (TPSA) is 100 Å². The van der Waals surface area contributed by atoms with Crippen LogP contribution in [0.2, 0.25) is 0 Å². The average molecular weight is 333 g/mol. The molecule has 24 heavy (non-hydrogen) atoms. The Balaban J connectivity index is 2.35. The molecule has 1 rings (SSSR count). The van der Waals surface area contributed by atoms with E-state index in [0.717, 1.165) is 0 Å². The number of alkyl carbamates (subject to hydrolysis) is 1. The van der Waals surface area contributed by atoms with E-state index in [4.69, 9.17) is 14.7 Å². The van der Waals surface area contributed by atoms with Crippen LogP contribution in [-0.4, -0.2) is 36.8 Å². The van der Waals surface area contributed by atoms with Crippen molar-refractivity contribution in [1.82, 2.24) is 10.6 Å². The molecule has 2 amide bonds. The number of hydrogen-bond donors (Lipinski definition) is 2. The van der Waals surface area contributed by atoms with Crippen molar-refractivity contribution in [3.63, 3.8) is 0 Å². The van der Waals surface area contributed by atoms with E-state index in [9.17, 15) is 9.59 Å². The second-order valence-electron chi connectivity index (χ2n) is 6.09.